The SMILES string of the molecule is N#Cc1ccc(N2CCCC(CCC(N)=O)C2)c(F)c1. The Balaban J connectivity index is 2.05. The lowest BCUT2D eigenvalue weighted by atomic mass is 9.93. The molecule has 4 nitrogen and oxygen atoms in total. The highest BCUT2D eigenvalue weighted by Gasteiger charge is 2.22. The van der Waals surface area contributed by atoms with Crippen molar-refractivity contribution >= 4 is 11.6 Å². The fourth-order valence-corrected chi connectivity index (χ4v) is 2.70. The van der Waals surface area contributed by atoms with Crippen LogP contribution >= 0.6 is 0 Å². The van der Waals surface area contributed by atoms with Crippen LogP contribution in [-0.4, -0.2) is 19.0 Å². The summed E-state index contributed by atoms with van der Waals surface area (Å²) in [4.78, 5) is 12.8. The summed E-state index contributed by atoms with van der Waals surface area (Å²) in [6.45, 7) is 1.53. The van der Waals surface area contributed by atoms with Gasteiger partial charge in [0.05, 0.1) is 17.3 Å². The lowest BCUT2D eigenvalue weighted by Gasteiger charge is -2.34. The van der Waals surface area contributed by atoms with Gasteiger partial charge in [0.15, 0.2) is 0 Å². The number of hydrogen-bond donors (Lipinski definition) is 1. The third-order valence-electron chi connectivity index (χ3n) is 3.74. The van der Waals surface area contributed by atoms with E-state index in [0.29, 0.717) is 23.6 Å². The van der Waals surface area contributed by atoms with Crippen LogP contribution in [0.15, 0.2) is 18.2 Å². The van der Waals surface area contributed by atoms with Gasteiger partial charge in [-0.1, -0.05) is 0 Å². The Morgan fingerprint density at radius 3 is 3.00 bits per heavy atom. The maximum atomic E-state index is 14.0. The number of amides is 1. The number of carbonyl (C=O) groups is 1. The second-order valence-corrected chi connectivity index (χ2v) is 5.24. The number of carbonyl (C=O) groups excluding carboxylic acids is 1. The predicted octanol–water partition coefficient (Wildman–Crippen LogP) is 2.18. The third-order valence-corrected chi connectivity index (χ3v) is 3.74. The quantitative estimate of drug-likeness (QED) is 0.915. The zero-order valence-corrected chi connectivity index (χ0v) is 11.3. The zero-order chi connectivity index (χ0) is 14.5. The van der Waals surface area contributed by atoms with Gasteiger partial charge in [0.2, 0.25) is 5.91 Å². The molecule has 1 amide bonds. The summed E-state index contributed by atoms with van der Waals surface area (Å²) in [5.41, 5.74) is 6.03. The summed E-state index contributed by atoms with van der Waals surface area (Å²) in [5.74, 6) is -0.280. The van der Waals surface area contributed by atoms with Crippen LogP contribution in [0.1, 0.15) is 31.2 Å². The van der Waals surface area contributed by atoms with E-state index in [0.717, 1.165) is 32.4 Å². The molecular weight excluding hydrogens is 257 g/mol. The van der Waals surface area contributed by atoms with Crippen molar-refractivity contribution < 1.29 is 9.18 Å². The second-order valence-electron chi connectivity index (χ2n) is 5.24. The molecule has 0 aromatic heterocycles. The fraction of sp³-hybridized carbons (Fsp3) is 0.467. The molecule has 1 unspecified atom stereocenters. The Morgan fingerprint density at radius 1 is 1.55 bits per heavy atom. The maximum absolute atomic E-state index is 14.0. The van der Waals surface area contributed by atoms with Gasteiger partial charge < -0.3 is 10.6 Å². The van der Waals surface area contributed by atoms with E-state index in [2.05, 4.69) is 0 Å². The van der Waals surface area contributed by atoms with Crippen LogP contribution in [-0.2, 0) is 4.79 Å². The lowest BCUT2D eigenvalue weighted by Crippen LogP contribution is -2.36. The van der Waals surface area contributed by atoms with E-state index in [1.165, 1.54) is 6.07 Å². The maximum Gasteiger partial charge on any atom is 0.217 e. The number of nitrogens with zero attached hydrogens (tertiary/aromatic N) is 2. The first kappa shape index (κ1) is 14.3. The smallest absolute Gasteiger partial charge is 0.217 e. The van der Waals surface area contributed by atoms with Crippen LogP contribution in [0.4, 0.5) is 10.1 Å². The van der Waals surface area contributed by atoms with E-state index >= 15 is 0 Å². The minimum atomic E-state index is -0.361. The van der Waals surface area contributed by atoms with Gasteiger partial charge in [-0.3, -0.25) is 4.79 Å². The van der Waals surface area contributed by atoms with Crippen LogP contribution in [0, 0.1) is 23.1 Å². The molecule has 106 valence electrons. The van der Waals surface area contributed by atoms with Gasteiger partial charge >= 0.3 is 0 Å². The van der Waals surface area contributed by atoms with Gasteiger partial charge in [0.25, 0.3) is 0 Å². The van der Waals surface area contributed by atoms with Crippen molar-refractivity contribution in [2.45, 2.75) is 25.7 Å². The van der Waals surface area contributed by atoms with Gasteiger partial charge in [-0.25, -0.2) is 4.39 Å². The van der Waals surface area contributed by atoms with E-state index in [4.69, 9.17) is 11.0 Å². The van der Waals surface area contributed by atoms with Crippen LogP contribution in [0.25, 0.3) is 0 Å². The average molecular weight is 275 g/mol. The molecule has 1 saturated heterocycles. The van der Waals surface area contributed by atoms with Crippen LogP contribution < -0.4 is 10.6 Å². The number of primary amides is 1. The molecule has 1 heterocycles. The molecule has 0 saturated carbocycles. The molecule has 0 spiro atoms. The molecule has 20 heavy (non-hydrogen) atoms. The highest BCUT2D eigenvalue weighted by molar-refractivity contribution is 5.73. The van der Waals surface area contributed by atoms with E-state index in [1.54, 1.807) is 12.1 Å². The van der Waals surface area contributed by atoms with Gasteiger partial charge in [-0.15, -0.1) is 0 Å². The molecule has 1 fully saturated rings. The van der Waals surface area contributed by atoms with Crippen molar-refractivity contribution in [1.29, 1.82) is 5.26 Å². The van der Waals surface area contributed by atoms with Crippen molar-refractivity contribution in [2.75, 3.05) is 18.0 Å². The van der Waals surface area contributed by atoms with Crippen molar-refractivity contribution in [3.05, 3.63) is 29.6 Å². The first-order chi connectivity index (χ1) is 9.60. The Hall–Kier alpha value is -2.09. The van der Waals surface area contributed by atoms with Gasteiger partial charge in [-0.05, 0) is 43.4 Å². The van der Waals surface area contributed by atoms with E-state index < -0.39 is 0 Å². The van der Waals surface area contributed by atoms with Crippen LogP contribution in [0.3, 0.4) is 0 Å². The highest BCUT2D eigenvalue weighted by Crippen LogP contribution is 2.28. The number of benzene rings is 1. The number of rotatable bonds is 4. The van der Waals surface area contributed by atoms with Crippen molar-refractivity contribution in [1.82, 2.24) is 0 Å². The standard InChI is InChI=1S/C15H18FN3O/c16-13-8-12(9-17)3-5-14(13)19-7-1-2-11(10-19)4-6-15(18)20/h3,5,8,11H,1-2,4,6-7,10H2,(H2,18,20). The third kappa shape index (κ3) is 3.47. The molecule has 1 atom stereocenters. The van der Waals surface area contributed by atoms with E-state index in [1.807, 2.05) is 11.0 Å². The summed E-state index contributed by atoms with van der Waals surface area (Å²) >= 11 is 0. The monoisotopic (exact) mass is 275 g/mol. The lowest BCUT2D eigenvalue weighted by molar-refractivity contribution is -0.118. The fourth-order valence-electron chi connectivity index (χ4n) is 2.70. The molecule has 0 bridgehead atoms. The molecule has 1 aliphatic heterocycles. The largest absolute Gasteiger partial charge is 0.370 e. The molecule has 2 N–H and O–H groups in total. The number of piperidine rings is 1. The summed E-state index contributed by atoms with van der Waals surface area (Å²) in [6, 6.07) is 6.48. The van der Waals surface area contributed by atoms with Crippen LogP contribution in [0.2, 0.25) is 0 Å². The minimum Gasteiger partial charge on any atom is -0.370 e. The second kappa shape index (κ2) is 6.38. The number of nitriles is 1. The molecule has 5 heteroatoms. The summed E-state index contributed by atoms with van der Waals surface area (Å²) in [5, 5.41) is 8.75. The normalized spacial score (nSPS) is 18.6. The topological polar surface area (TPSA) is 70.1 Å². The average Bonchev–Trinajstić information content (AvgIpc) is 2.45. The molecule has 1 aliphatic rings. The van der Waals surface area contributed by atoms with E-state index in [-0.39, 0.29) is 11.7 Å². The van der Waals surface area contributed by atoms with E-state index in [9.17, 15) is 9.18 Å². The molecule has 2 rings (SSSR count). The van der Waals surface area contributed by atoms with Gasteiger partial charge in [0, 0.05) is 19.5 Å². The minimum absolute atomic E-state index is 0.285. The number of anilines is 1. The van der Waals surface area contributed by atoms with Crippen molar-refractivity contribution in [2.24, 2.45) is 11.7 Å². The number of hydrogen-bond acceptors (Lipinski definition) is 3. The first-order valence-electron chi connectivity index (χ1n) is 6.83. The van der Waals surface area contributed by atoms with Gasteiger partial charge in [-0.2, -0.15) is 5.26 Å². The molecular formula is C15H18FN3O. The summed E-state index contributed by atoms with van der Waals surface area (Å²) in [7, 11) is 0. The Kier molecular flexibility index (Phi) is 4.57. The number of halogens is 1. The molecule has 0 radical (unpaired) electrons. The van der Waals surface area contributed by atoms with Crippen molar-refractivity contribution in [3.8, 4) is 6.07 Å². The molecule has 1 aromatic rings. The first-order valence-corrected chi connectivity index (χ1v) is 6.83. The van der Waals surface area contributed by atoms with Gasteiger partial charge in [0.1, 0.15) is 5.82 Å². The van der Waals surface area contributed by atoms with Crippen molar-refractivity contribution in [3.63, 3.8) is 0 Å². The zero-order valence-electron chi connectivity index (χ0n) is 11.3. The molecule has 1 aromatic carbocycles. The molecule has 0 aliphatic carbocycles. The summed E-state index contributed by atoms with van der Waals surface area (Å²) in [6.07, 6.45) is 3.16. The Bertz CT molecular complexity index is 538. The number of nitrogens with two attached hydrogens (primary N) is 1. The Morgan fingerprint density at radius 2 is 2.35 bits per heavy atom. The Labute approximate surface area is 118 Å². The highest BCUT2D eigenvalue weighted by atomic mass is 19.1. The van der Waals surface area contributed by atoms with Crippen LogP contribution in [0.5, 0.6) is 0 Å². The predicted molar refractivity (Wildman–Crippen MR) is 74.5 cm³/mol. The summed E-state index contributed by atoms with van der Waals surface area (Å²) < 4.78 is 14.0.